The fourth-order valence-electron chi connectivity index (χ4n) is 3.59. The summed E-state index contributed by atoms with van der Waals surface area (Å²) in [6, 6.07) is 1.54. The van der Waals surface area contributed by atoms with Crippen molar-refractivity contribution in [2.45, 2.75) is 0 Å². The van der Waals surface area contributed by atoms with Crippen molar-refractivity contribution in [2.75, 3.05) is 52.3 Å². The summed E-state index contributed by atoms with van der Waals surface area (Å²) in [5.74, 6) is 0.0677. The molecule has 3 rings (SSSR count). The van der Waals surface area contributed by atoms with E-state index in [-0.39, 0.29) is 18.5 Å². The highest BCUT2D eigenvalue weighted by atomic mass is 16.5. The number of rotatable bonds is 3. The van der Waals surface area contributed by atoms with Crippen LogP contribution in [0.1, 0.15) is 0 Å². The summed E-state index contributed by atoms with van der Waals surface area (Å²) in [7, 11) is 4.86. The van der Waals surface area contributed by atoms with Gasteiger partial charge in [-0.3, -0.25) is 4.79 Å². The molecule has 2 aliphatic heterocycles. The SMILES string of the molecule is COc1cc(N2C[C@H]3CN(C(=O)N(C)C)C[C@@]3(C(=O)O)C2)ncn1. The van der Waals surface area contributed by atoms with E-state index in [1.165, 1.54) is 18.3 Å². The van der Waals surface area contributed by atoms with Gasteiger partial charge in [-0.15, -0.1) is 0 Å². The number of aliphatic carboxylic acids is 1. The third-order valence-electron chi connectivity index (χ3n) is 4.85. The van der Waals surface area contributed by atoms with Crippen molar-refractivity contribution in [2.24, 2.45) is 11.3 Å². The van der Waals surface area contributed by atoms with Crippen molar-refractivity contribution < 1.29 is 19.4 Å². The van der Waals surface area contributed by atoms with Crippen LogP contribution in [0.15, 0.2) is 12.4 Å². The summed E-state index contributed by atoms with van der Waals surface area (Å²) in [6.45, 7) is 1.48. The minimum absolute atomic E-state index is 0.139. The number of methoxy groups -OCH3 is 1. The maximum absolute atomic E-state index is 12.2. The molecule has 0 bridgehead atoms. The van der Waals surface area contributed by atoms with Crippen LogP contribution < -0.4 is 9.64 Å². The minimum Gasteiger partial charge on any atom is -0.481 e. The normalized spacial score (nSPS) is 25.5. The molecular weight excluding hydrogens is 314 g/mol. The van der Waals surface area contributed by atoms with Gasteiger partial charge in [0.1, 0.15) is 17.6 Å². The smallest absolute Gasteiger partial charge is 0.319 e. The van der Waals surface area contributed by atoms with Gasteiger partial charge in [0, 0.05) is 52.3 Å². The highest BCUT2D eigenvalue weighted by molar-refractivity contribution is 5.81. The number of carboxylic acids is 1. The van der Waals surface area contributed by atoms with Gasteiger partial charge in [0.05, 0.1) is 7.11 Å². The second kappa shape index (κ2) is 5.81. The Morgan fingerprint density at radius 2 is 2.08 bits per heavy atom. The standard InChI is InChI=1S/C15H21N5O4/c1-18(2)14(23)20-6-10-5-19(7-15(10,8-20)13(21)22)11-4-12(24-3)17-9-16-11/h4,9-10H,5-8H2,1-3H3,(H,21,22)/t10-,15-/m0/s1. The molecule has 9 heteroatoms. The van der Waals surface area contributed by atoms with Crippen molar-refractivity contribution >= 4 is 17.8 Å². The van der Waals surface area contributed by atoms with Crippen molar-refractivity contribution in [3.63, 3.8) is 0 Å². The number of carboxylic acid groups (broad SMARTS) is 1. The molecule has 0 aliphatic carbocycles. The lowest BCUT2D eigenvalue weighted by Gasteiger charge is -2.27. The van der Waals surface area contributed by atoms with Gasteiger partial charge >= 0.3 is 12.0 Å². The Morgan fingerprint density at radius 1 is 1.33 bits per heavy atom. The summed E-state index contributed by atoms with van der Waals surface area (Å²) >= 11 is 0. The molecule has 0 saturated carbocycles. The third kappa shape index (κ3) is 2.49. The number of aromatic nitrogens is 2. The van der Waals surface area contributed by atoms with E-state index in [2.05, 4.69) is 9.97 Å². The molecule has 1 aromatic heterocycles. The lowest BCUT2D eigenvalue weighted by Crippen LogP contribution is -2.44. The number of hydrogen-bond donors (Lipinski definition) is 1. The zero-order chi connectivity index (χ0) is 17.5. The van der Waals surface area contributed by atoms with Gasteiger partial charge in [-0.1, -0.05) is 0 Å². The first-order valence-corrected chi connectivity index (χ1v) is 7.68. The van der Waals surface area contributed by atoms with Crippen LogP contribution in [-0.2, 0) is 4.79 Å². The van der Waals surface area contributed by atoms with Gasteiger partial charge < -0.3 is 24.5 Å². The van der Waals surface area contributed by atoms with E-state index in [0.717, 1.165) is 0 Å². The maximum atomic E-state index is 12.2. The molecule has 2 atom stereocenters. The molecule has 3 heterocycles. The first-order valence-electron chi connectivity index (χ1n) is 7.68. The molecule has 2 fully saturated rings. The minimum atomic E-state index is -0.968. The Morgan fingerprint density at radius 3 is 2.67 bits per heavy atom. The van der Waals surface area contributed by atoms with Gasteiger partial charge in [-0.25, -0.2) is 14.8 Å². The molecule has 9 nitrogen and oxygen atoms in total. The summed E-state index contributed by atoms with van der Waals surface area (Å²) in [6.07, 6.45) is 1.40. The topological polar surface area (TPSA) is 99.1 Å². The molecule has 1 aromatic rings. The van der Waals surface area contributed by atoms with Gasteiger partial charge in [0.2, 0.25) is 5.88 Å². The van der Waals surface area contributed by atoms with Crippen LogP contribution in [0.25, 0.3) is 0 Å². The number of nitrogens with zero attached hydrogens (tertiary/aromatic N) is 5. The van der Waals surface area contributed by atoms with Gasteiger partial charge in [-0.05, 0) is 0 Å². The Hall–Kier alpha value is -2.58. The molecule has 2 aliphatic rings. The number of urea groups is 1. The van der Waals surface area contributed by atoms with E-state index < -0.39 is 11.4 Å². The summed E-state index contributed by atoms with van der Waals surface area (Å²) < 4.78 is 5.10. The molecule has 130 valence electrons. The van der Waals surface area contributed by atoms with E-state index in [1.807, 2.05) is 4.90 Å². The Labute approximate surface area is 139 Å². The van der Waals surface area contributed by atoms with Crippen LogP contribution in [-0.4, -0.2) is 84.3 Å². The van der Waals surface area contributed by atoms with Crippen LogP contribution in [0.5, 0.6) is 5.88 Å². The van der Waals surface area contributed by atoms with E-state index in [0.29, 0.717) is 31.3 Å². The molecule has 0 aromatic carbocycles. The molecule has 2 saturated heterocycles. The largest absolute Gasteiger partial charge is 0.481 e. The van der Waals surface area contributed by atoms with Crippen molar-refractivity contribution in [1.82, 2.24) is 19.8 Å². The number of carbonyl (C=O) groups is 2. The van der Waals surface area contributed by atoms with E-state index in [9.17, 15) is 14.7 Å². The zero-order valence-electron chi connectivity index (χ0n) is 14.0. The number of carbonyl (C=O) groups excluding carboxylic acids is 1. The maximum Gasteiger partial charge on any atom is 0.319 e. The number of hydrogen-bond acceptors (Lipinski definition) is 6. The molecule has 0 radical (unpaired) electrons. The second-order valence-corrected chi connectivity index (χ2v) is 6.51. The molecule has 24 heavy (non-hydrogen) atoms. The number of fused-ring (bicyclic) bond motifs is 1. The zero-order valence-corrected chi connectivity index (χ0v) is 14.0. The van der Waals surface area contributed by atoms with Crippen molar-refractivity contribution in [3.8, 4) is 5.88 Å². The van der Waals surface area contributed by atoms with E-state index in [1.54, 1.807) is 25.1 Å². The molecule has 2 amide bonds. The average Bonchev–Trinajstić information content (AvgIpc) is 3.09. The van der Waals surface area contributed by atoms with Crippen LogP contribution in [0.2, 0.25) is 0 Å². The van der Waals surface area contributed by atoms with Gasteiger partial charge in [-0.2, -0.15) is 0 Å². The summed E-state index contributed by atoms with van der Waals surface area (Å²) in [5, 5.41) is 9.84. The molecule has 0 unspecified atom stereocenters. The van der Waals surface area contributed by atoms with Crippen LogP contribution in [0.3, 0.4) is 0 Å². The quantitative estimate of drug-likeness (QED) is 0.829. The Bertz CT molecular complexity index is 667. The fourth-order valence-corrected chi connectivity index (χ4v) is 3.59. The highest BCUT2D eigenvalue weighted by Gasteiger charge is 2.59. The lowest BCUT2D eigenvalue weighted by molar-refractivity contribution is -0.148. The number of anilines is 1. The Kier molecular flexibility index (Phi) is 3.94. The van der Waals surface area contributed by atoms with Crippen LogP contribution in [0.4, 0.5) is 10.6 Å². The van der Waals surface area contributed by atoms with Crippen molar-refractivity contribution in [3.05, 3.63) is 12.4 Å². The number of ether oxygens (including phenoxy) is 1. The second-order valence-electron chi connectivity index (χ2n) is 6.51. The van der Waals surface area contributed by atoms with E-state index in [4.69, 9.17) is 4.74 Å². The van der Waals surface area contributed by atoms with Crippen molar-refractivity contribution in [1.29, 1.82) is 0 Å². The molecule has 1 N–H and O–H groups in total. The monoisotopic (exact) mass is 335 g/mol. The predicted octanol–water partition coefficient (Wildman–Crippen LogP) is -0.0104. The predicted molar refractivity (Wildman–Crippen MR) is 85.0 cm³/mol. The van der Waals surface area contributed by atoms with Gasteiger partial charge in [0.15, 0.2) is 0 Å². The fraction of sp³-hybridized carbons (Fsp3) is 0.600. The lowest BCUT2D eigenvalue weighted by atomic mass is 9.81. The number of amides is 2. The summed E-state index contributed by atoms with van der Waals surface area (Å²) in [4.78, 5) is 37.4. The Balaban J connectivity index is 1.83. The van der Waals surface area contributed by atoms with Crippen LogP contribution >= 0.6 is 0 Å². The molecule has 0 spiro atoms. The van der Waals surface area contributed by atoms with Crippen LogP contribution in [0, 0.1) is 11.3 Å². The summed E-state index contributed by atoms with van der Waals surface area (Å²) in [5.41, 5.74) is -0.968. The first-order chi connectivity index (χ1) is 11.4. The molecular formula is C15H21N5O4. The first kappa shape index (κ1) is 16.3. The highest BCUT2D eigenvalue weighted by Crippen LogP contribution is 2.44. The van der Waals surface area contributed by atoms with Gasteiger partial charge in [0.25, 0.3) is 0 Å². The number of likely N-dealkylation sites (tertiary alicyclic amines) is 1. The average molecular weight is 335 g/mol. The van der Waals surface area contributed by atoms with E-state index >= 15 is 0 Å². The third-order valence-corrected chi connectivity index (χ3v) is 4.85.